The molecule has 0 saturated carbocycles. The van der Waals surface area contributed by atoms with E-state index in [2.05, 4.69) is 12.2 Å². The number of halogens is 1. The molecule has 0 aliphatic rings. The van der Waals surface area contributed by atoms with Gasteiger partial charge < -0.3 is 27.9 Å². The number of hydrogen-bond acceptors (Lipinski definition) is 4. The standard InChI is InChI=1S/C27H46N2O4.ClH/c1-2-3-4-5-6-7-8-9-10-11-12-13-14-15-16-20-25(30)24-19-17-18-21-29(24)23-26(31)28-22-27(32)33;/h17-19,21,27,32-33H,2-16,20,22-23H2,1H3;1H. The molecular weight excluding hydrogens is 452 g/mol. The van der Waals surface area contributed by atoms with Gasteiger partial charge in [0.15, 0.2) is 12.5 Å². The molecule has 7 heteroatoms. The Morgan fingerprint density at radius 1 is 0.824 bits per heavy atom. The SMILES string of the molecule is CCCCCCCCCCCCCCCCCC(=O)c1cccc[n+]1CC(=O)NCC(O)O.[Cl-]. The number of nitrogens with zero attached hydrogens (tertiary/aromatic N) is 1. The molecule has 6 nitrogen and oxygen atoms in total. The van der Waals surface area contributed by atoms with Gasteiger partial charge in [-0.1, -0.05) is 96.8 Å². The van der Waals surface area contributed by atoms with Gasteiger partial charge in [0.25, 0.3) is 5.91 Å². The Bertz CT molecular complexity index is 655. The Morgan fingerprint density at radius 3 is 1.82 bits per heavy atom. The van der Waals surface area contributed by atoms with E-state index in [1.165, 1.54) is 83.5 Å². The van der Waals surface area contributed by atoms with Crippen LogP contribution in [0.2, 0.25) is 0 Å². The summed E-state index contributed by atoms with van der Waals surface area (Å²) in [4.78, 5) is 24.5. The summed E-state index contributed by atoms with van der Waals surface area (Å²) in [7, 11) is 0. The number of aromatic nitrogens is 1. The second-order valence-electron chi connectivity index (χ2n) is 9.12. The maximum Gasteiger partial charge on any atom is 0.286 e. The van der Waals surface area contributed by atoms with E-state index in [1.807, 2.05) is 0 Å². The minimum absolute atomic E-state index is 0. The first-order valence-electron chi connectivity index (χ1n) is 13.2. The number of aliphatic hydroxyl groups is 2. The molecule has 0 bridgehead atoms. The normalized spacial score (nSPS) is 10.8. The van der Waals surface area contributed by atoms with Gasteiger partial charge in [0.1, 0.15) is 0 Å². The third-order valence-electron chi connectivity index (χ3n) is 6.03. The number of pyridine rings is 1. The summed E-state index contributed by atoms with van der Waals surface area (Å²) in [6.45, 7) is 2.02. The van der Waals surface area contributed by atoms with Crippen LogP contribution >= 0.6 is 0 Å². The zero-order valence-corrected chi connectivity index (χ0v) is 21.9. The summed E-state index contributed by atoms with van der Waals surface area (Å²) >= 11 is 0. The quantitative estimate of drug-likeness (QED) is 0.104. The van der Waals surface area contributed by atoms with Gasteiger partial charge in [0, 0.05) is 18.6 Å². The van der Waals surface area contributed by atoms with Gasteiger partial charge in [-0.3, -0.25) is 9.59 Å². The molecular formula is C27H47ClN2O4. The molecule has 1 aromatic rings. The molecule has 0 aliphatic heterocycles. The Hall–Kier alpha value is -1.50. The van der Waals surface area contributed by atoms with E-state index in [9.17, 15) is 9.59 Å². The second kappa shape index (κ2) is 22.0. The minimum atomic E-state index is -1.58. The highest BCUT2D eigenvalue weighted by Gasteiger charge is 2.20. The molecule has 0 saturated heterocycles. The summed E-state index contributed by atoms with van der Waals surface area (Å²) in [6.07, 6.45) is 20.0. The van der Waals surface area contributed by atoms with Gasteiger partial charge in [0.2, 0.25) is 18.0 Å². The second-order valence-corrected chi connectivity index (χ2v) is 9.12. The number of amides is 1. The Balaban J connectivity index is 0.0000109. The fourth-order valence-corrected chi connectivity index (χ4v) is 4.07. The highest BCUT2D eigenvalue weighted by atomic mass is 35.5. The van der Waals surface area contributed by atoms with Crippen LogP contribution in [-0.4, -0.2) is 34.7 Å². The summed E-state index contributed by atoms with van der Waals surface area (Å²) < 4.78 is 1.62. The molecule has 1 aromatic heterocycles. The molecule has 34 heavy (non-hydrogen) atoms. The summed E-state index contributed by atoms with van der Waals surface area (Å²) in [5.41, 5.74) is 0.516. The Kier molecular flexibility index (Phi) is 21.0. The van der Waals surface area contributed by atoms with Crippen LogP contribution < -0.4 is 22.3 Å². The van der Waals surface area contributed by atoms with E-state index in [0.29, 0.717) is 12.1 Å². The summed E-state index contributed by atoms with van der Waals surface area (Å²) in [6, 6.07) is 5.31. The average molecular weight is 499 g/mol. The lowest BCUT2D eigenvalue weighted by molar-refractivity contribution is -0.686. The first kappa shape index (κ1) is 32.5. The molecule has 0 aromatic carbocycles. The van der Waals surface area contributed by atoms with Crippen molar-refractivity contribution in [2.45, 2.75) is 122 Å². The van der Waals surface area contributed by atoms with E-state index in [1.54, 1.807) is 29.0 Å². The maximum atomic E-state index is 12.6. The molecule has 0 spiro atoms. The van der Waals surface area contributed by atoms with Crippen molar-refractivity contribution in [2.75, 3.05) is 6.54 Å². The van der Waals surface area contributed by atoms with Crippen molar-refractivity contribution in [2.24, 2.45) is 0 Å². The monoisotopic (exact) mass is 498 g/mol. The number of ketones is 1. The first-order chi connectivity index (χ1) is 16.0. The zero-order chi connectivity index (χ0) is 24.2. The van der Waals surface area contributed by atoms with Gasteiger partial charge >= 0.3 is 0 Å². The molecule has 1 rings (SSSR count). The lowest BCUT2D eigenvalue weighted by Crippen LogP contribution is -3.00. The van der Waals surface area contributed by atoms with Crippen molar-refractivity contribution in [1.29, 1.82) is 0 Å². The largest absolute Gasteiger partial charge is 1.00 e. The van der Waals surface area contributed by atoms with Crippen LogP contribution in [-0.2, 0) is 11.3 Å². The zero-order valence-electron chi connectivity index (χ0n) is 21.2. The number of Topliss-reactive ketones (excluding diaryl/α,β-unsaturated/α-hetero) is 1. The van der Waals surface area contributed by atoms with Crippen LogP contribution in [0.15, 0.2) is 24.4 Å². The summed E-state index contributed by atoms with van der Waals surface area (Å²) in [5, 5.41) is 20.1. The number of nitrogens with one attached hydrogen (secondary N) is 1. The van der Waals surface area contributed by atoms with Crippen LogP contribution in [0, 0.1) is 0 Å². The maximum absolute atomic E-state index is 12.6. The highest BCUT2D eigenvalue weighted by Crippen LogP contribution is 2.14. The van der Waals surface area contributed by atoms with Crippen molar-refractivity contribution < 1.29 is 36.8 Å². The molecule has 0 aliphatic carbocycles. The average Bonchev–Trinajstić information content (AvgIpc) is 2.80. The van der Waals surface area contributed by atoms with Crippen molar-refractivity contribution in [3.63, 3.8) is 0 Å². The highest BCUT2D eigenvalue weighted by molar-refractivity contribution is 5.92. The van der Waals surface area contributed by atoms with Crippen molar-refractivity contribution >= 4 is 11.7 Å². The van der Waals surface area contributed by atoms with E-state index in [-0.39, 0.29) is 37.2 Å². The van der Waals surface area contributed by atoms with Gasteiger partial charge in [-0.2, -0.15) is 4.57 Å². The van der Waals surface area contributed by atoms with Crippen molar-refractivity contribution in [3.8, 4) is 0 Å². The molecule has 1 heterocycles. The number of carbonyl (C=O) groups is 2. The lowest BCUT2D eigenvalue weighted by Gasteiger charge is -2.06. The van der Waals surface area contributed by atoms with Gasteiger partial charge in [-0.05, 0) is 12.5 Å². The molecule has 1 amide bonds. The van der Waals surface area contributed by atoms with Crippen LogP contribution in [0.4, 0.5) is 0 Å². The number of hydrogen-bond donors (Lipinski definition) is 3. The third-order valence-corrected chi connectivity index (χ3v) is 6.03. The smallest absolute Gasteiger partial charge is 0.286 e. The van der Waals surface area contributed by atoms with Crippen molar-refractivity contribution in [1.82, 2.24) is 5.32 Å². The van der Waals surface area contributed by atoms with Gasteiger partial charge in [0.05, 0.1) is 6.54 Å². The minimum Gasteiger partial charge on any atom is -1.00 e. The van der Waals surface area contributed by atoms with Crippen molar-refractivity contribution in [3.05, 3.63) is 30.1 Å². The topological polar surface area (TPSA) is 90.5 Å². The molecule has 0 radical (unpaired) electrons. The van der Waals surface area contributed by atoms with E-state index < -0.39 is 6.29 Å². The molecule has 0 unspecified atom stereocenters. The molecule has 3 N–H and O–H groups in total. The molecule has 196 valence electrons. The Labute approximate surface area is 213 Å². The Morgan fingerprint density at radius 2 is 1.32 bits per heavy atom. The predicted molar refractivity (Wildman–Crippen MR) is 132 cm³/mol. The van der Waals surface area contributed by atoms with E-state index >= 15 is 0 Å². The fraction of sp³-hybridized carbons (Fsp3) is 0.741. The lowest BCUT2D eigenvalue weighted by atomic mass is 10.0. The summed E-state index contributed by atoms with van der Waals surface area (Å²) in [5.74, 6) is -0.319. The van der Waals surface area contributed by atoms with Gasteiger partial charge in [-0.25, -0.2) is 0 Å². The number of aliphatic hydroxyl groups excluding tert-OH is 1. The van der Waals surface area contributed by atoms with Crippen LogP contribution in [0.25, 0.3) is 0 Å². The van der Waals surface area contributed by atoms with Gasteiger partial charge in [-0.15, -0.1) is 0 Å². The third kappa shape index (κ3) is 17.0. The van der Waals surface area contributed by atoms with Crippen LogP contribution in [0.1, 0.15) is 120 Å². The first-order valence-corrected chi connectivity index (χ1v) is 13.2. The molecule has 0 fully saturated rings. The van der Waals surface area contributed by atoms with E-state index in [4.69, 9.17) is 10.2 Å². The van der Waals surface area contributed by atoms with Crippen LogP contribution in [0.5, 0.6) is 0 Å². The number of rotatable bonds is 21. The van der Waals surface area contributed by atoms with Crippen LogP contribution in [0.3, 0.4) is 0 Å². The number of unbranched alkanes of at least 4 members (excludes halogenated alkanes) is 14. The molecule has 0 atom stereocenters. The predicted octanol–water partition coefficient (Wildman–Crippen LogP) is 1.85. The number of carbonyl (C=O) groups excluding carboxylic acids is 2. The fourth-order valence-electron chi connectivity index (χ4n) is 4.07. The van der Waals surface area contributed by atoms with E-state index in [0.717, 1.165) is 12.8 Å².